The summed E-state index contributed by atoms with van der Waals surface area (Å²) >= 11 is 0. The van der Waals surface area contributed by atoms with Gasteiger partial charge in [0.25, 0.3) is 0 Å². The van der Waals surface area contributed by atoms with Gasteiger partial charge in [0, 0.05) is 30.5 Å². The van der Waals surface area contributed by atoms with Crippen LogP contribution in [0.1, 0.15) is 19.8 Å². The molecule has 1 saturated heterocycles. The highest BCUT2D eigenvalue weighted by Crippen LogP contribution is 2.37. The fourth-order valence-corrected chi connectivity index (χ4v) is 4.29. The van der Waals surface area contributed by atoms with E-state index in [1.165, 1.54) is 24.0 Å². The first-order valence-electron chi connectivity index (χ1n) is 10.0. The zero-order valence-electron chi connectivity index (χ0n) is 16.1. The minimum absolute atomic E-state index is 0.690. The van der Waals surface area contributed by atoms with Crippen molar-refractivity contribution in [1.29, 1.82) is 0 Å². The van der Waals surface area contributed by atoms with E-state index in [2.05, 4.69) is 77.2 Å². The van der Waals surface area contributed by atoms with Crippen LogP contribution in [0.3, 0.4) is 0 Å². The third-order valence-corrected chi connectivity index (χ3v) is 5.64. The Bertz CT molecular complexity index is 1090. The van der Waals surface area contributed by atoms with Crippen LogP contribution in [-0.4, -0.2) is 27.6 Å². The van der Waals surface area contributed by atoms with Crippen molar-refractivity contribution in [2.24, 2.45) is 5.92 Å². The van der Waals surface area contributed by atoms with Gasteiger partial charge in [-0.05, 0) is 36.5 Å². The van der Waals surface area contributed by atoms with Gasteiger partial charge in [0.2, 0.25) is 0 Å². The first-order chi connectivity index (χ1) is 13.8. The first kappa shape index (κ1) is 17.0. The molecule has 1 aliphatic rings. The van der Waals surface area contributed by atoms with E-state index in [4.69, 9.17) is 9.97 Å². The number of para-hydroxylation sites is 1. The standard InChI is InChI=1S/C24H24N4/c1-18-9-8-14-27(15-18)23-22-21(19-10-4-2-5-11-19)16-28(24(22)26-17-25-23)20-12-6-3-7-13-20/h2-7,10-13,16-18H,8-9,14-15H2,1H3. The quantitative estimate of drug-likeness (QED) is 0.490. The van der Waals surface area contributed by atoms with Crippen LogP contribution in [0, 0.1) is 5.92 Å². The second kappa shape index (κ2) is 7.12. The summed E-state index contributed by atoms with van der Waals surface area (Å²) in [5.41, 5.74) is 4.47. The largest absolute Gasteiger partial charge is 0.356 e. The second-order valence-electron chi connectivity index (χ2n) is 7.70. The van der Waals surface area contributed by atoms with E-state index in [0.29, 0.717) is 5.92 Å². The van der Waals surface area contributed by atoms with Crippen molar-refractivity contribution in [3.8, 4) is 16.8 Å². The predicted octanol–water partition coefficient (Wildman–Crippen LogP) is 5.32. The lowest BCUT2D eigenvalue weighted by atomic mass is 9.99. The van der Waals surface area contributed by atoms with Crippen LogP contribution in [-0.2, 0) is 0 Å². The molecule has 1 atom stereocenters. The Labute approximate surface area is 165 Å². The number of benzene rings is 2. The molecule has 4 heteroatoms. The number of rotatable bonds is 3. The summed E-state index contributed by atoms with van der Waals surface area (Å²) in [5.74, 6) is 1.75. The second-order valence-corrected chi connectivity index (χ2v) is 7.70. The molecule has 0 aliphatic carbocycles. The summed E-state index contributed by atoms with van der Waals surface area (Å²) in [7, 11) is 0. The monoisotopic (exact) mass is 368 g/mol. The van der Waals surface area contributed by atoms with Gasteiger partial charge in [-0.2, -0.15) is 0 Å². The van der Waals surface area contributed by atoms with Crippen LogP contribution >= 0.6 is 0 Å². The minimum atomic E-state index is 0.690. The molecule has 0 N–H and O–H groups in total. The lowest BCUT2D eigenvalue weighted by Gasteiger charge is -2.32. The number of piperidine rings is 1. The summed E-state index contributed by atoms with van der Waals surface area (Å²) in [6, 6.07) is 21.0. The normalized spacial score (nSPS) is 17.2. The predicted molar refractivity (Wildman–Crippen MR) is 115 cm³/mol. The molecule has 0 saturated carbocycles. The minimum Gasteiger partial charge on any atom is -0.356 e. The Hall–Kier alpha value is -3.14. The Morgan fingerprint density at radius 1 is 0.929 bits per heavy atom. The Kier molecular flexibility index (Phi) is 4.32. The summed E-state index contributed by atoms with van der Waals surface area (Å²) < 4.78 is 2.19. The highest BCUT2D eigenvalue weighted by molar-refractivity contribution is 6.02. The van der Waals surface area contributed by atoms with E-state index < -0.39 is 0 Å². The summed E-state index contributed by atoms with van der Waals surface area (Å²) in [5, 5.41) is 1.15. The molecule has 1 aliphatic heterocycles. The molecule has 4 nitrogen and oxygen atoms in total. The Morgan fingerprint density at radius 2 is 1.68 bits per heavy atom. The van der Waals surface area contributed by atoms with Crippen molar-refractivity contribution in [3.05, 3.63) is 73.2 Å². The topological polar surface area (TPSA) is 34.0 Å². The number of aromatic nitrogens is 3. The van der Waals surface area contributed by atoms with Crippen molar-refractivity contribution in [2.75, 3.05) is 18.0 Å². The molecule has 140 valence electrons. The molecule has 28 heavy (non-hydrogen) atoms. The summed E-state index contributed by atoms with van der Waals surface area (Å²) in [6.07, 6.45) is 6.43. The molecule has 1 unspecified atom stereocenters. The van der Waals surface area contributed by atoms with Gasteiger partial charge < -0.3 is 9.47 Å². The maximum absolute atomic E-state index is 4.76. The maximum Gasteiger partial charge on any atom is 0.150 e. The third kappa shape index (κ3) is 2.95. The number of fused-ring (bicyclic) bond motifs is 1. The maximum atomic E-state index is 4.76. The van der Waals surface area contributed by atoms with Gasteiger partial charge >= 0.3 is 0 Å². The third-order valence-electron chi connectivity index (χ3n) is 5.64. The molecule has 0 bridgehead atoms. The van der Waals surface area contributed by atoms with E-state index in [1.54, 1.807) is 6.33 Å². The van der Waals surface area contributed by atoms with Crippen LogP contribution in [0.5, 0.6) is 0 Å². The van der Waals surface area contributed by atoms with Crippen LogP contribution in [0.25, 0.3) is 27.8 Å². The zero-order chi connectivity index (χ0) is 18.9. The molecular formula is C24H24N4. The molecule has 0 spiro atoms. The van der Waals surface area contributed by atoms with Crippen LogP contribution in [0.4, 0.5) is 5.82 Å². The van der Waals surface area contributed by atoms with Crippen molar-refractivity contribution >= 4 is 16.9 Å². The molecule has 5 rings (SSSR count). The Balaban J connectivity index is 1.77. The lowest BCUT2D eigenvalue weighted by molar-refractivity contribution is 0.445. The molecular weight excluding hydrogens is 344 g/mol. The SMILES string of the molecule is CC1CCCN(c2ncnc3c2c(-c2ccccc2)cn3-c2ccccc2)C1. The fraction of sp³-hybridized carbons (Fsp3) is 0.250. The number of nitrogens with zero attached hydrogens (tertiary/aromatic N) is 4. The van der Waals surface area contributed by atoms with E-state index >= 15 is 0 Å². The van der Waals surface area contributed by atoms with Gasteiger partial charge in [-0.15, -0.1) is 0 Å². The van der Waals surface area contributed by atoms with Gasteiger partial charge in [0.1, 0.15) is 12.1 Å². The number of hydrogen-bond acceptors (Lipinski definition) is 3. The van der Waals surface area contributed by atoms with Gasteiger partial charge in [-0.3, -0.25) is 0 Å². The smallest absolute Gasteiger partial charge is 0.150 e. The highest BCUT2D eigenvalue weighted by atomic mass is 15.2. The van der Waals surface area contributed by atoms with Crippen molar-refractivity contribution in [2.45, 2.75) is 19.8 Å². The molecule has 4 aromatic rings. The fourth-order valence-electron chi connectivity index (χ4n) is 4.29. The van der Waals surface area contributed by atoms with E-state index in [0.717, 1.165) is 35.6 Å². The molecule has 0 amide bonds. The van der Waals surface area contributed by atoms with E-state index in [-0.39, 0.29) is 0 Å². The van der Waals surface area contributed by atoms with Crippen molar-refractivity contribution in [3.63, 3.8) is 0 Å². The zero-order valence-corrected chi connectivity index (χ0v) is 16.1. The van der Waals surface area contributed by atoms with Gasteiger partial charge in [-0.1, -0.05) is 55.5 Å². The lowest BCUT2D eigenvalue weighted by Crippen LogP contribution is -2.35. The molecule has 0 radical (unpaired) electrons. The van der Waals surface area contributed by atoms with Crippen molar-refractivity contribution in [1.82, 2.24) is 14.5 Å². The van der Waals surface area contributed by atoms with E-state index in [1.807, 2.05) is 6.07 Å². The molecule has 3 heterocycles. The van der Waals surface area contributed by atoms with Crippen LogP contribution in [0.2, 0.25) is 0 Å². The van der Waals surface area contributed by atoms with Crippen LogP contribution < -0.4 is 4.90 Å². The first-order valence-corrected chi connectivity index (χ1v) is 10.0. The summed E-state index contributed by atoms with van der Waals surface area (Å²) in [4.78, 5) is 11.9. The highest BCUT2D eigenvalue weighted by Gasteiger charge is 2.23. The molecule has 2 aromatic carbocycles. The molecule has 2 aromatic heterocycles. The average Bonchev–Trinajstić information content (AvgIpc) is 3.15. The Morgan fingerprint density at radius 3 is 2.43 bits per heavy atom. The van der Waals surface area contributed by atoms with E-state index in [9.17, 15) is 0 Å². The van der Waals surface area contributed by atoms with Gasteiger partial charge in [0.15, 0.2) is 5.65 Å². The average molecular weight is 368 g/mol. The van der Waals surface area contributed by atoms with Crippen molar-refractivity contribution < 1.29 is 0 Å². The van der Waals surface area contributed by atoms with Gasteiger partial charge in [-0.25, -0.2) is 9.97 Å². The van der Waals surface area contributed by atoms with Gasteiger partial charge in [0.05, 0.1) is 5.39 Å². The summed E-state index contributed by atoms with van der Waals surface area (Å²) in [6.45, 7) is 4.44. The number of hydrogen-bond donors (Lipinski definition) is 0. The van der Waals surface area contributed by atoms with Crippen LogP contribution in [0.15, 0.2) is 73.2 Å². The number of anilines is 1. The molecule has 1 fully saturated rings.